The zero-order chi connectivity index (χ0) is 18.2. The highest BCUT2D eigenvalue weighted by Crippen LogP contribution is 2.15. The van der Waals surface area contributed by atoms with Gasteiger partial charge in [0.05, 0.1) is 12.6 Å². The van der Waals surface area contributed by atoms with Gasteiger partial charge in [-0.25, -0.2) is 0 Å². The van der Waals surface area contributed by atoms with E-state index < -0.39 is 0 Å². The number of carbonyl (C=O) groups is 2. The van der Waals surface area contributed by atoms with Crippen molar-refractivity contribution in [1.29, 1.82) is 0 Å². The molecule has 0 bridgehead atoms. The van der Waals surface area contributed by atoms with Crippen LogP contribution in [0.3, 0.4) is 0 Å². The van der Waals surface area contributed by atoms with Crippen molar-refractivity contribution in [3.05, 3.63) is 41.4 Å². The van der Waals surface area contributed by atoms with E-state index >= 15 is 0 Å². The van der Waals surface area contributed by atoms with Crippen LogP contribution in [0.1, 0.15) is 6.92 Å². The Bertz CT molecular complexity index is 598. The summed E-state index contributed by atoms with van der Waals surface area (Å²) in [4.78, 5) is 28.4. The molecule has 0 saturated carbocycles. The largest absolute Gasteiger partial charge is 0.352 e. The molecule has 1 aromatic carbocycles. The number of piperazine rings is 1. The maximum absolute atomic E-state index is 12.4. The number of nitrogens with zero attached hydrogens (tertiary/aromatic N) is 2. The molecule has 2 rings (SSSR count). The van der Waals surface area contributed by atoms with Crippen molar-refractivity contribution in [3.8, 4) is 0 Å². The lowest BCUT2D eigenvalue weighted by atomic mass is 10.2. The van der Waals surface area contributed by atoms with E-state index in [4.69, 9.17) is 0 Å². The number of anilines is 1. The summed E-state index contributed by atoms with van der Waals surface area (Å²) in [5.74, 6) is -0.00567. The van der Waals surface area contributed by atoms with E-state index in [9.17, 15) is 9.59 Å². The number of rotatable bonds is 7. The summed E-state index contributed by atoms with van der Waals surface area (Å²) in [6.45, 7) is 9.47. The van der Waals surface area contributed by atoms with Crippen LogP contribution in [-0.4, -0.2) is 66.9 Å². The minimum atomic E-state index is -0.208. The van der Waals surface area contributed by atoms with E-state index in [0.717, 1.165) is 36.3 Å². The average molecular weight is 409 g/mol. The Labute approximate surface area is 157 Å². The fourth-order valence-corrected chi connectivity index (χ4v) is 2.96. The van der Waals surface area contributed by atoms with Crippen molar-refractivity contribution >= 4 is 33.4 Å². The molecule has 1 fully saturated rings. The molecule has 1 saturated heterocycles. The molecule has 1 unspecified atom stereocenters. The molecule has 0 radical (unpaired) electrons. The molecule has 0 spiro atoms. The first-order chi connectivity index (χ1) is 12.0. The number of benzene rings is 1. The highest BCUT2D eigenvalue weighted by Gasteiger charge is 2.26. The predicted molar refractivity (Wildman–Crippen MR) is 103 cm³/mol. The number of halogens is 1. The molecule has 1 atom stereocenters. The van der Waals surface area contributed by atoms with Crippen LogP contribution in [0.5, 0.6) is 0 Å². The Balaban J connectivity index is 1.77. The highest BCUT2D eigenvalue weighted by molar-refractivity contribution is 9.10. The van der Waals surface area contributed by atoms with E-state index in [0.29, 0.717) is 13.1 Å². The molecule has 7 heteroatoms. The molecule has 1 aliphatic rings. The van der Waals surface area contributed by atoms with Gasteiger partial charge in [0.25, 0.3) is 0 Å². The monoisotopic (exact) mass is 408 g/mol. The van der Waals surface area contributed by atoms with Crippen molar-refractivity contribution in [1.82, 2.24) is 15.1 Å². The Morgan fingerprint density at radius 1 is 1.24 bits per heavy atom. The second-order valence-electron chi connectivity index (χ2n) is 6.08. The van der Waals surface area contributed by atoms with E-state index in [1.807, 2.05) is 31.2 Å². The quantitative estimate of drug-likeness (QED) is 0.673. The van der Waals surface area contributed by atoms with Crippen LogP contribution in [0.15, 0.2) is 41.4 Å². The van der Waals surface area contributed by atoms with Gasteiger partial charge in [-0.1, -0.05) is 22.0 Å². The van der Waals surface area contributed by atoms with Crippen molar-refractivity contribution < 1.29 is 9.59 Å². The first-order valence-electron chi connectivity index (χ1n) is 8.40. The van der Waals surface area contributed by atoms with Gasteiger partial charge in [0.1, 0.15) is 0 Å². The molecule has 6 nitrogen and oxygen atoms in total. The van der Waals surface area contributed by atoms with Gasteiger partial charge in [-0.15, -0.1) is 6.58 Å². The third-order valence-electron chi connectivity index (χ3n) is 4.26. The molecule has 136 valence electrons. The lowest BCUT2D eigenvalue weighted by Gasteiger charge is -2.37. The van der Waals surface area contributed by atoms with Crippen LogP contribution in [0, 0.1) is 0 Å². The van der Waals surface area contributed by atoms with Gasteiger partial charge in [-0.2, -0.15) is 0 Å². The first kappa shape index (κ1) is 19.6. The Morgan fingerprint density at radius 2 is 1.88 bits per heavy atom. The summed E-state index contributed by atoms with van der Waals surface area (Å²) in [5.41, 5.74) is 0.789. The van der Waals surface area contributed by atoms with Gasteiger partial charge >= 0.3 is 0 Å². The average Bonchev–Trinajstić information content (AvgIpc) is 2.62. The number of nitrogens with one attached hydrogen (secondary N) is 2. The molecule has 25 heavy (non-hydrogen) atoms. The van der Waals surface area contributed by atoms with Gasteiger partial charge in [-0.3, -0.25) is 19.4 Å². The lowest BCUT2D eigenvalue weighted by molar-refractivity contribution is -0.124. The molecular weight excluding hydrogens is 384 g/mol. The molecular formula is C18H25BrN4O2. The molecule has 1 heterocycles. The summed E-state index contributed by atoms with van der Waals surface area (Å²) >= 11 is 3.38. The van der Waals surface area contributed by atoms with Crippen molar-refractivity contribution in [3.63, 3.8) is 0 Å². The third kappa shape index (κ3) is 6.26. The number of hydrogen-bond acceptors (Lipinski definition) is 4. The summed E-state index contributed by atoms with van der Waals surface area (Å²) in [6, 6.07) is 7.33. The van der Waals surface area contributed by atoms with E-state index in [-0.39, 0.29) is 17.9 Å². The highest BCUT2D eigenvalue weighted by atomic mass is 79.9. The molecule has 0 aromatic heterocycles. The summed E-state index contributed by atoms with van der Waals surface area (Å²) in [7, 11) is 0. The predicted octanol–water partition coefficient (Wildman–Crippen LogP) is 1.70. The van der Waals surface area contributed by atoms with Gasteiger partial charge in [0.15, 0.2) is 0 Å². The maximum Gasteiger partial charge on any atom is 0.241 e. The second kappa shape index (κ2) is 9.70. The minimum Gasteiger partial charge on any atom is -0.352 e. The van der Waals surface area contributed by atoms with Gasteiger partial charge < -0.3 is 10.6 Å². The number of amides is 2. The second-order valence-corrected chi connectivity index (χ2v) is 6.99. The maximum atomic E-state index is 12.4. The van der Waals surface area contributed by atoms with Gasteiger partial charge in [-0.05, 0) is 31.2 Å². The van der Waals surface area contributed by atoms with Crippen LogP contribution in [0.2, 0.25) is 0 Å². The Hall–Kier alpha value is -1.70. The number of carbonyl (C=O) groups excluding carboxylic acids is 2. The van der Waals surface area contributed by atoms with E-state index in [1.165, 1.54) is 0 Å². The van der Waals surface area contributed by atoms with Crippen LogP contribution in [-0.2, 0) is 9.59 Å². The summed E-state index contributed by atoms with van der Waals surface area (Å²) in [5, 5.41) is 5.73. The zero-order valence-corrected chi connectivity index (χ0v) is 16.1. The van der Waals surface area contributed by atoms with Gasteiger partial charge in [0, 0.05) is 42.9 Å². The van der Waals surface area contributed by atoms with Crippen molar-refractivity contribution in [2.24, 2.45) is 0 Å². The Kier molecular flexibility index (Phi) is 7.61. The number of hydrogen-bond donors (Lipinski definition) is 2. The van der Waals surface area contributed by atoms with Crippen molar-refractivity contribution in [2.45, 2.75) is 13.0 Å². The third-order valence-corrected chi connectivity index (χ3v) is 4.79. The standard InChI is InChI=1S/C18H25BrN4O2/c1-3-8-20-17(24)13-22-9-11-23(12-10-22)14(2)18(25)21-16-6-4-15(19)5-7-16/h3-7,14H,1,8-13H2,2H3,(H,20,24)(H,21,25). The zero-order valence-electron chi connectivity index (χ0n) is 14.5. The van der Waals surface area contributed by atoms with Crippen LogP contribution >= 0.6 is 15.9 Å². The molecule has 2 N–H and O–H groups in total. The molecule has 1 aromatic rings. The van der Waals surface area contributed by atoms with Crippen LogP contribution in [0.4, 0.5) is 5.69 Å². The fourth-order valence-electron chi connectivity index (χ4n) is 2.70. The van der Waals surface area contributed by atoms with Crippen molar-refractivity contribution in [2.75, 3.05) is 44.6 Å². The Morgan fingerprint density at radius 3 is 2.48 bits per heavy atom. The van der Waals surface area contributed by atoms with E-state index in [2.05, 4.69) is 42.9 Å². The van der Waals surface area contributed by atoms with Crippen LogP contribution in [0.25, 0.3) is 0 Å². The topological polar surface area (TPSA) is 64.7 Å². The smallest absolute Gasteiger partial charge is 0.241 e. The first-order valence-corrected chi connectivity index (χ1v) is 9.19. The SMILES string of the molecule is C=CCNC(=O)CN1CCN(C(C)C(=O)Nc2ccc(Br)cc2)CC1. The summed E-state index contributed by atoms with van der Waals surface area (Å²) < 4.78 is 0.979. The van der Waals surface area contributed by atoms with E-state index in [1.54, 1.807) is 6.08 Å². The minimum absolute atomic E-state index is 0.00869. The van der Waals surface area contributed by atoms with Crippen LogP contribution < -0.4 is 10.6 Å². The lowest BCUT2D eigenvalue weighted by Crippen LogP contribution is -2.54. The summed E-state index contributed by atoms with van der Waals surface area (Å²) in [6.07, 6.45) is 1.67. The molecule has 2 amide bonds. The molecule has 0 aliphatic carbocycles. The fraction of sp³-hybridized carbons (Fsp3) is 0.444. The molecule has 1 aliphatic heterocycles. The van der Waals surface area contributed by atoms with Gasteiger partial charge in [0.2, 0.25) is 11.8 Å². The normalized spacial score (nSPS) is 16.9.